The van der Waals surface area contributed by atoms with Crippen LogP contribution in [0.5, 0.6) is 34.5 Å². The number of aromatic nitrogens is 9. The molecule has 0 saturated carbocycles. The van der Waals surface area contributed by atoms with Crippen LogP contribution in [-0.2, 0) is 13.3 Å². The number of fused-ring (bicyclic) bond motifs is 3. The van der Waals surface area contributed by atoms with Crippen molar-refractivity contribution in [2.24, 2.45) is 0 Å². The Labute approximate surface area is 776 Å². The highest BCUT2D eigenvalue weighted by atomic mass is 28.4. The SMILES string of the molecule is COc1cc(OC)cc(N(CCCO[Si](C)(C)C(C)(C)C)c2ccc3ncc(-c4ccc(F)nc4)nc3c2)c1.COc1cc(OC)cc(N(CCCO[Si](C)(C)C(C)(C)C)c2ccc3ncc(-c4cnc(N5CCN(C)CC5)c(C)c4)nc3c2)c1.COc1cc(OC)cc(N(CCO[Si](C)(C)C(C)(C)C)c2ccc3ncc(-c4ccnc(C(=O)NCCCCCO)c4)nc3c2)c1. The number of nitrogens with zero attached hydrogens (tertiary/aromatic N) is 14. The topological polar surface area (TPSA) is 265 Å². The number of aryl methyl sites for hydroxylation is 1. The van der Waals surface area contributed by atoms with Crippen LogP contribution in [0.25, 0.3) is 66.9 Å². The summed E-state index contributed by atoms with van der Waals surface area (Å²) in [6.45, 7) is 44.8. The quantitative estimate of drug-likeness (QED) is 0.0210. The summed E-state index contributed by atoms with van der Waals surface area (Å²) in [6.07, 6.45) is 14.3. The van der Waals surface area contributed by atoms with E-state index >= 15 is 0 Å². The largest absolute Gasteiger partial charge is 0.497 e. The number of carbonyl (C=O) groups excluding carboxylic acids is 1. The number of halogens is 1. The lowest BCUT2D eigenvalue weighted by molar-refractivity contribution is 0.0947. The van der Waals surface area contributed by atoms with E-state index in [-0.39, 0.29) is 27.6 Å². The fourth-order valence-electron chi connectivity index (χ4n) is 14.1. The summed E-state index contributed by atoms with van der Waals surface area (Å²) in [5.74, 6) is 4.55. The predicted molar refractivity (Wildman–Crippen MR) is 534 cm³/mol. The Hall–Kier alpha value is -11.4. The van der Waals surface area contributed by atoms with E-state index in [1.807, 2.05) is 116 Å². The molecule has 1 aliphatic heterocycles. The van der Waals surface area contributed by atoms with E-state index in [1.165, 1.54) is 12.3 Å². The van der Waals surface area contributed by atoms with Gasteiger partial charge in [0.05, 0.1) is 118 Å². The maximum Gasteiger partial charge on any atom is 0.269 e. The summed E-state index contributed by atoms with van der Waals surface area (Å²) in [6, 6.07) is 44.6. The van der Waals surface area contributed by atoms with Crippen LogP contribution in [0.4, 0.5) is 44.3 Å². The second-order valence-corrected chi connectivity index (χ2v) is 51.9. The summed E-state index contributed by atoms with van der Waals surface area (Å²) < 4.78 is 66.4. The summed E-state index contributed by atoms with van der Waals surface area (Å²) in [7, 11) is 6.44. The number of pyridine rings is 3. The normalized spacial score (nSPS) is 12.8. The summed E-state index contributed by atoms with van der Waals surface area (Å²) >= 11 is 0. The second kappa shape index (κ2) is 44.7. The van der Waals surface area contributed by atoms with Crippen molar-refractivity contribution < 1.29 is 56.0 Å². The Morgan fingerprint density at radius 2 is 0.809 bits per heavy atom. The molecule has 0 spiro atoms. The molecule has 0 unspecified atom stereocenters. The lowest BCUT2D eigenvalue weighted by Gasteiger charge is -2.37. The number of rotatable bonds is 36. The molecule has 1 saturated heterocycles. The number of amides is 1. The number of benzene rings is 6. The van der Waals surface area contributed by atoms with Crippen molar-refractivity contribution in [1.82, 2.24) is 55.1 Å². The lowest BCUT2D eigenvalue weighted by atomic mass is 10.1. The van der Waals surface area contributed by atoms with Crippen molar-refractivity contribution >= 4 is 104 Å². The van der Waals surface area contributed by atoms with Gasteiger partial charge in [0.15, 0.2) is 25.0 Å². The van der Waals surface area contributed by atoms with Crippen LogP contribution < -0.4 is 53.3 Å². The molecule has 26 nitrogen and oxygen atoms in total. The monoisotopic (exact) mass is 1840 g/mol. The molecule has 12 aromatic rings. The highest BCUT2D eigenvalue weighted by molar-refractivity contribution is 6.75. The third-order valence-corrected chi connectivity index (χ3v) is 38.8. The molecule has 1 fully saturated rings. The smallest absolute Gasteiger partial charge is 0.269 e. The molecule has 131 heavy (non-hydrogen) atoms. The summed E-state index contributed by atoms with van der Waals surface area (Å²) in [4.78, 5) is 65.9. The predicted octanol–water partition coefficient (Wildman–Crippen LogP) is 21.5. The van der Waals surface area contributed by atoms with E-state index in [2.05, 4.69) is 184 Å². The Bertz CT molecular complexity index is 5750. The second-order valence-electron chi connectivity index (χ2n) is 37.5. The average Bonchev–Trinajstić information content (AvgIpc) is 0.794. The van der Waals surface area contributed by atoms with Gasteiger partial charge in [0.2, 0.25) is 5.95 Å². The highest BCUT2D eigenvalue weighted by Gasteiger charge is 2.40. The van der Waals surface area contributed by atoms with E-state index in [0.29, 0.717) is 90.6 Å². The van der Waals surface area contributed by atoms with Gasteiger partial charge in [0.25, 0.3) is 5.91 Å². The fourth-order valence-corrected chi connectivity index (χ4v) is 17.3. The van der Waals surface area contributed by atoms with Gasteiger partial charge in [-0.25, -0.2) is 24.9 Å². The molecular formula is C101H134FN15O11Si3. The van der Waals surface area contributed by atoms with Gasteiger partial charge in [-0.05, 0) is 191 Å². The van der Waals surface area contributed by atoms with Gasteiger partial charge in [-0.2, -0.15) is 4.39 Å². The van der Waals surface area contributed by atoms with Crippen LogP contribution in [0, 0.1) is 12.9 Å². The molecule has 7 heterocycles. The number of ether oxygens (including phenoxy) is 6. The maximum absolute atomic E-state index is 13.3. The minimum Gasteiger partial charge on any atom is -0.497 e. The van der Waals surface area contributed by atoms with Gasteiger partial charge in [-0.1, -0.05) is 62.3 Å². The van der Waals surface area contributed by atoms with E-state index < -0.39 is 30.9 Å². The molecule has 698 valence electrons. The molecule has 1 aliphatic rings. The number of likely N-dealkylation sites (N-methyl/N-ethyl adjacent to an activating group) is 1. The Kier molecular flexibility index (Phi) is 34.2. The third kappa shape index (κ3) is 26.5. The van der Waals surface area contributed by atoms with Crippen molar-refractivity contribution in [3.05, 3.63) is 194 Å². The molecule has 0 radical (unpaired) electrons. The lowest BCUT2D eigenvalue weighted by Crippen LogP contribution is -2.45. The van der Waals surface area contributed by atoms with E-state index in [1.54, 1.807) is 73.4 Å². The number of aliphatic hydroxyl groups excluding tert-OH is 1. The summed E-state index contributed by atoms with van der Waals surface area (Å²) in [5, 5.41) is 12.3. The summed E-state index contributed by atoms with van der Waals surface area (Å²) in [5.41, 5.74) is 16.3. The van der Waals surface area contributed by atoms with Gasteiger partial charge in [0, 0.05) is 196 Å². The molecule has 6 aromatic heterocycles. The van der Waals surface area contributed by atoms with Crippen LogP contribution in [0.3, 0.4) is 0 Å². The number of unbranched alkanes of at least 4 members (excludes halogenated alkanes) is 2. The van der Waals surface area contributed by atoms with Crippen molar-refractivity contribution in [2.45, 2.75) is 156 Å². The zero-order valence-corrected chi connectivity index (χ0v) is 83.9. The highest BCUT2D eigenvalue weighted by Crippen LogP contribution is 2.43. The number of aliphatic hydroxyl groups is 1. The fraction of sp³-hybridized carbons (Fsp3) is 0.426. The van der Waals surface area contributed by atoms with E-state index in [0.717, 1.165) is 166 Å². The number of anilines is 7. The first kappa shape index (κ1) is 100. The zero-order valence-electron chi connectivity index (χ0n) is 80.9. The maximum atomic E-state index is 13.3. The number of hydrogen-bond acceptors (Lipinski definition) is 25. The third-order valence-electron chi connectivity index (χ3n) is 25.2. The molecule has 0 aliphatic carbocycles. The molecule has 30 heteroatoms. The standard InChI is InChI=1S/C36H50N6O3Si.C35H47N5O5Si.C30H37FN4O3Si/c1-26-19-27(24-38-35(26)41-16-14-40(5)15-17-41)34-25-37-32-12-11-28(22-33(32)39-34)42(13-10-18-45-46(8,9)36(2,3)4)29-20-30(43-6)23-31(21-29)44-7;1-35(2,3)46(6,7)45-18-16-40(27-20-28(43-4)23-29(21-27)44-5)26-11-12-30-31(22-26)39-33(24-38-30)25-13-15-36-32(19-25)34(42)37-14-9-8-10-17-41;1-30(2,3)39(6,7)38-14-8-13-35(23-15-24(36-4)18-25(16-23)37-5)22-10-11-26-27(17-22)34-28(20-32-26)21-9-12-29(31)33-19-21/h11-12,19-25H,10,13-18H2,1-9H3;11-13,15,19-24,41H,8-10,14,16-18H2,1-7H3,(H,37,42);9-12,15-20H,8,13-14H2,1-7H3. The van der Waals surface area contributed by atoms with Crippen molar-refractivity contribution in [3.63, 3.8) is 0 Å². The van der Waals surface area contributed by atoms with Crippen LogP contribution in [-0.4, -0.2) is 214 Å². The van der Waals surface area contributed by atoms with Gasteiger partial charge in [0.1, 0.15) is 46.0 Å². The molecule has 6 aromatic carbocycles. The van der Waals surface area contributed by atoms with Gasteiger partial charge in [-0.3, -0.25) is 24.7 Å². The minimum absolute atomic E-state index is 0.0970. The molecule has 13 rings (SSSR count). The average molecular weight is 1840 g/mol. The number of piperazine rings is 1. The van der Waals surface area contributed by atoms with Gasteiger partial charge in [-0.15, -0.1) is 0 Å². The van der Waals surface area contributed by atoms with Crippen LogP contribution in [0.2, 0.25) is 54.4 Å². The zero-order chi connectivity index (χ0) is 94.6. The number of nitrogens with one attached hydrogen (secondary N) is 1. The van der Waals surface area contributed by atoms with Crippen molar-refractivity contribution in [2.75, 3.05) is 148 Å². The first-order chi connectivity index (χ1) is 62.3. The van der Waals surface area contributed by atoms with Crippen molar-refractivity contribution in [3.8, 4) is 68.3 Å². The molecular weight excluding hydrogens is 1700 g/mol. The Morgan fingerprint density at radius 1 is 0.412 bits per heavy atom. The molecule has 2 N–H and O–H groups in total. The minimum atomic E-state index is -1.97. The van der Waals surface area contributed by atoms with Gasteiger partial charge >= 0.3 is 0 Å². The molecule has 1 amide bonds. The number of hydrogen-bond donors (Lipinski definition) is 2. The van der Waals surface area contributed by atoms with Crippen LogP contribution >= 0.6 is 0 Å². The Morgan fingerprint density at radius 3 is 1.20 bits per heavy atom. The molecule has 0 bridgehead atoms. The first-order valence-corrected chi connectivity index (χ1v) is 53.7. The van der Waals surface area contributed by atoms with E-state index in [9.17, 15) is 9.18 Å². The van der Waals surface area contributed by atoms with Crippen LogP contribution in [0.15, 0.2) is 177 Å². The first-order valence-electron chi connectivity index (χ1n) is 45.0. The Balaban J connectivity index is 0.000000190. The number of methoxy groups -OCH3 is 6. The van der Waals surface area contributed by atoms with Gasteiger partial charge < -0.3 is 76.6 Å². The molecule has 0 atom stereocenters. The van der Waals surface area contributed by atoms with Crippen LogP contribution in [0.1, 0.15) is 110 Å². The number of carbonyl (C=O) groups is 1. The van der Waals surface area contributed by atoms with E-state index in [4.69, 9.17) is 71.7 Å². The van der Waals surface area contributed by atoms with Crippen molar-refractivity contribution in [1.29, 1.82) is 0 Å².